The van der Waals surface area contributed by atoms with Gasteiger partial charge in [-0.2, -0.15) is 0 Å². The summed E-state index contributed by atoms with van der Waals surface area (Å²) in [6.45, 7) is 19.9. The van der Waals surface area contributed by atoms with E-state index in [0.29, 0.717) is 12.6 Å². The Bertz CT molecular complexity index is 353. The molecule has 0 aromatic carbocycles. The molecule has 0 bridgehead atoms. The first-order chi connectivity index (χ1) is 10.4. The maximum atomic E-state index is 14.7. The minimum atomic E-state index is -0.900. The molecule has 3 unspecified atom stereocenters. The summed E-state index contributed by atoms with van der Waals surface area (Å²) >= 11 is 0. The first-order valence-corrected chi connectivity index (χ1v) is 9.18. The summed E-state index contributed by atoms with van der Waals surface area (Å²) in [5, 5.41) is 0. The third-order valence-corrected chi connectivity index (χ3v) is 4.74. The van der Waals surface area contributed by atoms with E-state index in [2.05, 4.69) is 32.6 Å². The number of piperidine rings is 1. The highest BCUT2D eigenvalue weighted by Gasteiger charge is 2.52. The van der Waals surface area contributed by atoms with Gasteiger partial charge in [-0.3, -0.25) is 4.90 Å². The van der Waals surface area contributed by atoms with Crippen molar-refractivity contribution in [1.29, 1.82) is 0 Å². The van der Waals surface area contributed by atoms with Crippen molar-refractivity contribution >= 4 is 0 Å². The molecule has 0 saturated carbocycles. The number of rotatable bonds is 2. The van der Waals surface area contributed by atoms with Gasteiger partial charge >= 0.3 is 0 Å². The summed E-state index contributed by atoms with van der Waals surface area (Å²) in [6, 6.07) is 0.412. The molecule has 1 spiro atoms. The van der Waals surface area contributed by atoms with Crippen molar-refractivity contribution in [2.24, 2.45) is 0 Å². The van der Waals surface area contributed by atoms with E-state index in [9.17, 15) is 4.39 Å². The SMILES string of the molecule is CC.CC.CCC1=C(C)C(C)OC12CCN(C(C)C)CC2F. The van der Waals surface area contributed by atoms with Gasteiger partial charge in [-0.25, -0.2) is 4.39 Å². The number of hydrogen-bond acceptors (Lipinski definition) is 2. The zero-order valence-corrected chi connectivity index (χ0v) is 16.3. The maximum absolute atomic E-state index is 14.7. The molecule has 0 aromatic heterocycles. The van der Waals surface area contributed by atoms with Crippen LogP contribution in [0.15, 0.2) is 11.1 Å². The highest BCUT2D eigenvalue weighted by Crippen LogP contribution is 2.45. The van der Waals surface area contributed by atoms with Gasteiger partial charge in [0, 0.05) is 19.1 Å². The van der Waals surface area contributed by atoms with Crippen molar-refractivity contribution in [3.05, 3.63) is 11.1 Å². The number of alkyl halides is 1. The van der Waals surface area contributed by atoms with Crippen LogP contribution in [-0.4, -0.2) is 41.9 Å². The van der Waals surface area contributed by atoms with E-state index in [1.165, 1.54) is 11.1 Å². The van der Waals surface area contributed by atoms with Crippen molar-refractivity contribution in [3.8, 4) is 0 Å². The van der Waals surface area contributed by atoms with Crippen molar-refractivity contribution in [2.75, 3.05) is 13.1 Å². The molecule has 3 heteroatoms. The molecule has 2 aliphatic heterocycles. The van der Waals surface area contributed by atoms with E-state index >= 15 is 0 Å². The van der Waals surface area contributed by atoms with Crippen molar-refractivity contribution in [1.82, 2.24) is 4.90 Å². The molecule has 22 heavy (non-hydrogen) atoms. The van der Waals surface area contributed by atoms with Crippen molar-refractivity contribution in [3.63, 3.8) is 0 Å². The maximum Gasteiger partial charge on any atom is 0.145 e. The van der Waals surface area contributed by atoms with Crippen molar-refractivity contribution < 1.29 is 9.13 Å². The smallest absolute Gasteiger partial charge is 0.145 e. The van der Waals surface area contributed by atoms with Crippen LogP contribution in [0.5, 0.6) is 0 Å². The Balaban J connectivity index is 0.00000102. The normalized spacial score (nSPS) is 31.8. The molecule has 2 nitrogen and oxygen atoms in total. The molecule has 0 amide bonds. The second-order valence-corrected chi connectivity index (χ2v) is 5.97. The van der Waals surface area contributed by atoms with Gasteiger partial charge in [0.05, 0.1) is 6.10 Å². The van der Waals surface area contributed by atoms with Crippen LogP contribution in [0.3, 0.4) is 0 Å². The van der Waals surface area contributed by atoms with Crippen LogP contribution >= 0.6 is 0 Å². The largest absolute Gasteiger partial charge is 0.360 e. The minimum absolute atomic E-state index is 0.0730. The average molecular weight is 316 g/mol. The van der Waals surface area contributed by atoms with Crippen LogP contribution in [0, 0.1) is 0 Å². The van der Waals surface area contributed by atoms with Gasteiger partial charge in [-0.05, 0) is 51.7 Å². The average Bonchev–Trinajstić information content (AvgIpc) is 2.77. The lowest BCUT2D eigenvalue weighted by Crippen LogP contribution is -2.56. The van der Waals surface area contributed by atoms with Crippen LogP contribution < -0.4 is 0 Å². The standard InChI is InChI=1S/C15H26FNO.2C2H6/c1-6-13-11(4)12(5)18-15(13)7-8-17(10(2)3)9-14(15)16;2*1-2/h10,12,14H,6-9H2,1-5H3;2*1-2H3. The lowest BCUT2D eigenvalue weighted by molar-refractivity contribution is -0.113. The van der Waals surface area contributed by atoms with Gasteiger partial charge in [0.1, 0.15) is 11.8 Å². The predicted molar refractivity (Wildman–Crippen MR) is 95.2 cm³/mol. The first-order valence-electron chi connectivity index (χ1n) is 9.18. The number of likely N-dealkylation sites (tertiary alicyclic amines) is 1. The van der Waals surface area contributed by atoms with Crippen LogP contribution in [0.2, 0.25) is 0 Å². The fourth-order valence-corrected chi connectivity index (χ4v) is 3.48. The molecular weight excluding hydrogens is 277 g/mol. The summed E-state index contributed by atoms with van der Waals surface area (Å²) in [7, 11) is 0. The zero-order chi connectivity index (χ0) is 17.5. The van der Waals surface area contributed by atoms with Gasteiger partial charge in [0.25, 0.3) is 0 Å². The number of nitrogens with zero attached hydrogens (tertiary/aromatic N) is 1. The Kier molecular flexibility index (Phi) is 9.49. The van der Waals surface area contributed by atoms with E-state index in [1.54, 1.807) is 0 Å². The fourth-order valence-electron chi connectivity index (χ4n) is 3.48. The molecule has 0 aromatic rings. The molecule has 1 saturated heterocycles. The Hall–Kier alpha value is -0.410. The molecule has 2 heterocycles. The number of hydrogen-bond donors (Lipinski definition) is 0. The quantitative estimate of drug-likeness (QED) is 0.635. The summed E-state index contributed by atoms with van der Waals surface area (Å²) in [5.41, 5.74) is 1.84. The van der Waals surface area contributed by atoms with E-state index in [0.717, 1.165) is 19.4 Å². The minimum Gasteiger partial charge on any atom is -0.360 e. The Morgan fingerprint density at radius 3 is 2.23 bits per heavy atom. The molecule has 1 fully saturated rings. The third-order valence-electron chi connectivity index (χ3n) is 4.74. The first kappa shape index (κ1) is 21.6. The molecule has 132 valence electrons. The van der Waals surface area contributed by atoms with Gasteiger partial charge in [0.15, 0.2) is 0 Å². The van der Waals surface area contributed by atoms with Crippen LogP contribution in [0.4, 0.5) is 4.39 Å². The molecular formula is C19H38FNO. The summed E-state index contributed by atoms with van der Waals surface area (Å²) < 4.78 is 20.8. The van der Waals surface area contributed by atoms with Gasteiger partial charge in [0.2, 0.25) is 0 Å². The molecule has 2 rings (SSSR count). The topological polar surface area (TPSA) is 12.5 Å². The van der Waals surface area contributed by atoms with E-state index in [-0.39, 0.29) is 6.10 Å². The monoisotopic (exact) mass is 315 g/mol. The zero-order valence-electron chi connectivity index (χ0n) is 16.3. The van der Waals surface area contributed by atoms with Crippen LogP contribution in [0.25, 0.3) is 0 Å². The van der Waals surface area contributed by atoms with Crippen molar-refractivity contribution in [2.45, 2.75) is 99.1 Å². The van der Waals surface area contributed by atoms with E-state index < -0.39 is 11.8 Å². The summed E-state index contributed by atoms with van der Waals surface area (Å²) in [5.74, 6) is 0. The summed E-state index contributed by atoms with van der Waals surface area (Å²) in [4.78, 5) is 2.21. The highest BCUT2D eigenvalue weighted by molar-refractivity contribution is 5.33. The Morgan fingerprint density at radius 1 is 1.27 bits per heavy atom. The molecule has 0 N–H and O–H groups in total. The Labute approximate surface area is 138 Å². The molecule has 0 radical (unpaired) electrons. The lowest BCUT2D eigenvalue weighted by Gasteiger charge is -2.44. The summed E-state index contributed by atoms with van der Waals surface area (Å²) in [6.07, 6.45) is 0.863. The van der Waals surface area contributed by atoms with Crippen LogP contribution in [0.1, 0.15) is 75.2 Å². The molecule has 3 atom stereocenters. The van der Waals surface area contributed by atoms with E-state index in [4.69, 9.17) is 4.74 Å². The number of ether oxygens (including phenoxy) is 1. The van der Waals surface area contributed by atoms with Gasteiger partial charge in [-0.15, -0.1) is 0 Å². The molecule has 0 aliphatic carbocycles. The van der Waals surface area contributed by atoms with Gasteiger partial charge < -0.3 is 4.74 Å². The Morgan fingerprint density at radius 2 is 1.82 bits per heavy atom. The highest BCUT2D eigenvalue weighted by atomic mass is 19.1. The number of halogens is 1. The van der Waals surface area contributed by atoms with Gasteiger partial charge in [-0.1, -0.05) is 34.6 Å². The predicted octanol–water partition coefficient (Wildman–Crippen LogP) is 5.38. The van der Waals surface area contributed by atoms with Crippen LogP contribution in [-0.2, 0) is 4.74 Å². The fraction of sp³-hybridized carbons (Fsp3) is 0.895. The second-order valence-electron chi connectivity index (χ2n) is 5.97. The van der Waals surface area contributed by atoms with E-state index in [1.807, 2.05) is 34.6 Å². The second kappa shape index (κ2) is 9.67. The molecule has 2 aliphatic rings. The third kappa shape index (κ3) is 4.11. The lowest BCUT2D eigenvalue weighted by atomic mass is 9.80.